The van der Waals surface area contributed by atoms with Gasteiger partial charge >= 0.3 is 5.69 Å². The molecule has 118 valence electrons. The Balaban J connectivity index is 2.87. The SMILES string of the molecule is CCCNc1ncnc(NCC(CC)CCO)c1[N+](=O)[O-]. The van der Waals surface area contributed by atoms with Gasteiger partial charge < -0.3 is 15.7 Å². The summed E-state index contributed by atoms with van der Waals surface area (Å²) in [6.45, 7) is 5.24. The van der Waals surface area contributed by atoms with Crippen molar-refractivity contribution < 1.29 is 10.0 Å². The third-order valence-electron chi connectivity index (χ3n) is 3.22. The lowest BCUT2D eigenvalue weighted by Gasteiger charge is -2.15. The molecule has 0 spiro atoms. The van der Waals surface area contributed by atoms with Crippen LogP contribution in [0.15, 0.2) is 6.33 Å². The summed E-state index contributed by atoms with van der Waals surface area (Å²) in [5.41, 5.74) is -0.134. The molecule has 0 radical (unpaired) electrons. The molecule has 1 heterocycles. The molecule has 1 atom stereocenters. The highest BCUT2D eigenvalue weighted by molar-refractivity contribution is 5.69. The summed E-state index contributed by atoms with van der Waals surface area (Å²) in [5, 5.41) is 26.2. The quantitative estimate of drug-likeness (QED) is 0.447. The molecular formula is C13H23N5O3. The summed E-state index contributed by atoms with van der Waals surface area (Å²) < 4.78 is 0. The van der Waals surface area contributed by atoms with Gasteiger partial charge in [-0.05, 0) is 18.8 Å². The van der Waals surface area contributed by atoms with Crippen LogP contribution in [0, 0.1) is 16.0 Å². The van der Waals surface area contributed by atoms with Crippen LogP contribution in [0.3, 0.4) is 0 Å². The monoisotopic (exact) mass is 297 g/mol. The average molecular weight is 297 g/mol. The number of nitrogens with zero attached hydrogens (tertiary/aromatic N) is 3. The molecule has 8 heteroatoms. The van der Waals surface area contributed by atoms with E-state index < -0.39 is 4.92 Å². The maximum Gasteiger partial charge on any atom is 0.353 e. The molecule has 0 saturated heterocycles. The molecule has 0 amide bonds. The number of nitro groups is 1. The molecule has 8 nitrogen and oxygen atoms in total. The Morgan fingerprint density at radius 1 is 1.33 bits per heavy atom. The van der Waals surface area contributed by atoms with E-state index in [-0.39, 0.29) is 29.8 Å². The van der Waals surface area contributed by atoms with Crippen LogP contribution in [0.4, 0.5) is 17.3 Å². The number of aliphatic hydroxyl groups excluding tert-OH is 1. The van der Waals surface area contributed by atoms with E-state index in [0.717, 1.165) is 12.8 Å². The highest BCUT2D eigenvalue weighted by atomic mass is 16.6. The van der Waals surface area contributed by atoms with Crippen molar-refractivity contribution in [2.45, 2.75) is 33.1 Å². The van der Waals surface area contributed by atoms with Crippen LogP contribution in [0.25, 0.3) is 0 Å². The van der Waals surface area contributed by atoms with E-state index in [0.29, 0.717) is 19.5 Å². The van der Waals surface area contributed by atoms with E-state index in [9.17, 15) is 10.1 Å². The number of aliphatic hydroxyl groups is 1. The third-order valence-corrected chi connectivity index (χ3v) is 3.22. The van der Waals surface area contributed by atoms with Gasteiger partial charge in [-0.1, -0.05) is 20.3 Å². The van der Waals surface area contributed by atoms with Crippen LogP contribution in [0.1, 0.15) is 33.1 Å². The van der Waals surface area contributed by atoms with Crippen molar-refractivity contribution in [3.05, 3.63) is 16.4 Å². The first-order chi connectivity index (χ1) is 10.1. The molecule has 0 saturated carbocycles. The van der Waals surface area contributed by atoms with Crippen molar-refractivity contribution in [2.75, 3.05) is 30.3 Å². The fraction of sp³-hybridized carbons (Fsp3) is 0.692. The Morgan fingerprint density at radius 2 is 2.00 bits per heavy atom. The van der Waals surface area contributed by atoms with Gasteiger partial charge in [-0.2, -0.15) is 0 Å². The van der Waals surface area contributed by atoms with Crippen LogP contribution < -0.4 is 10.6 Å². The van der Waals surface area contributed by atoms with Gasteiger partial charge in [-0.3, -0.25) is 10.1 Å². The van der Waals surface area contributed by atoms with E-state index in [1.807, 2.05) is 13.8 Å². The van der Waals surface area contributed by atoms with Gasteiger partial charge in [0.1, 0.15) is 6.33 Å². The predicted octanol–water partition coefficient (Wildman–Crippen LogP) is 2.03. The van der Waals surface area contributed by atoms with Crippen LogP contribution in [0.5, 0.6) is 0 Å². The van der Waals surface area contributed by atoms with Crippen molar-refractivity contribution in [1.82, 2.24) is 9.97 Å². The normalized spacial score (nSPS) is 12.0. The first-order valence-electron chi connectivity index (χ1n) is 7.21. The highest BCUT2D eigenvalue weighted by Crippen LogP contribution is 2.29. The third kappa shape index (κ3) is 5.14. The largest absolute Gasteiger partial charge is 0.396 e. The smallest absolute Gasteiger partial charge is 0.353 e. The molecular weight excluding hydrogens is 274 g/mol. The molecule has 1 unspecified atom stereocenters. The lowest BCUT2D eigenvalue weighted by atomic mass is 10.0. The van der Waals surface area contributed by atoms with Crippen molar-refractivity contribution in [3.8, 4) is 0 Å². The van der Waals surface area contributed by atoms with Crippen molar-refractivity contribution in [3.63, 3.8) is 0 Å². The second kappa shape index (κ2) is 9.06. The number of hydrogen-bond donors (Lipinski definition) is 3. The zero-order chi connectivity index (χ0) is 15.7. The lowest BCUT2D eigenvalue weighted by molar-refractivity contribution is -0.383. The molecule has 0 aliphatic heterocycles. The molecule has 1 aromatic heterocycles. The Bertz CT molecular complexity index is 455. The van der Waals surface area contributed by atoms with E-state index in [1.165, 1.54) is 6.33 Å². The molecule has 1 rings (SSSR count). The van der Waals surface area contributed by atoms with E-state index in [1.54, 1.807) is 0 Å². The number of nitrogens with one attached hydrogen (secondary N) is 2. The predicted molar refractivity (Wildman–Crippen MR) is 81.4 cm³/mol. The van der Waals surface area contributed by atoms with Crippen LogP contribution >= 0.6 is 0 Å². The van der Waals surface area contributed by atoms with Crippen molar-refractivity contribution in [2.24, 2.45) is 5.92 Å². The molecule has 0 bridgehead atoms. The summed E-state index contributed by atoms with van der Waals surface area (Å²) in [4.78, 5) is 18.7. The number of hydrogen-bond acceptors (Lipinski definition) is 7. The zero-order valence-electron chi connectivity index (χ0n) is 12.5. The van der Waals surface area contributed by atoms with Crippen LogP contribution in [-0.4, -0.2) is 39.7 Å². The molecule has 0 aromatic carbocycles. The highest BCUT2D eigenvalue weighted by Gasteiger charge is 2.23. The molecule has 3 N–H and O–H groups in total. The molecule has 0 fully saturated rings. The first kappa shape index (κ1) is 17.1. The summed E-state index contributed by atoms with van der Waals surface area (Å²) in [7, 11) is 0. The minimum absolute atomic E-state index is 0.107. The Labute approximate surface area is 124 Å². The van der Waals surface area contributed by atoms with Gasteiger partial charge in [0.2, 0.25) is 11.6 Å². The minimum Gasteiger partial charge on any atom is -0.396 e. The molecule has 1 aromatic rings. The summed E-state index contributed by atoms with van der Waals surface area (Å²) in [6, 6.07) is 0. The van der Waals surface area contributed by atoms with Crippen molar-refractivity contribution >= 4 is 17.3 Å². The zero-order valence-corrected chi connectivity index (χ0v) is 12.5. The summed E-state index contributed by atoms with van der Waals surface area (Å²) in [5.74, 6) is 0.691. The standard InChI is InChI=1S/C13H23N5O3/c1-3-6-14-12-11(18(20)21)13(17-9-16-12)15-8-10(4-2)5-7-19/h9-10,19H,3-8H2,1-2H3,(H2,14,15,16,17). The van der Waals surface area contributed by atoms with Gasteiger partial charge in [0.15, 0.2) is 0 Å². The second-order valence-electron chi connectivity index (χ2n) is 4.77. The van der Waals surface area contributed by atoms with Crippen LogP contribution in [-0.2, 0) is 0 Å². The molecule has 0 aliphatic carbocycles. The maximum absolute atomic E-state index is 11.3. The summed E-state index contributed by atoms with van der Waals surface area (Å²) >= 11 is 0. The maximum atomic E-state index is 11.3. The van der Waals surface area contributed by atoms with Gasteiger partial charge in [-0.15, -0.1) is 0 Å². The Kier molecular flexibility index (Phi) is 7.38. The number of aromatic nitrogens is 2. The average Bonchev–Trinajstić information content (AvgIpc) is 2.48. The second-order valence-corrected chi connectivity index (χ2v) is 4.77. The molecule has 0 aliphatic rings. The summed E-state index contributed by atoms with van der Waals surface area (Å²) in [6.07, 6.45) is 3.69. The van der Waals surface area contributed by atoms with Gasteiger partial charge in [-0.25, -0.2) is 9.97 Å². The fourth-order valence-corrected chi connectivity index (χ4v) is 1.93. The van der Waals surface area contributed by atoms with E-state index in [4.69, 9.17) is 5.11 Å². The lowest BCUT2D eigenvalue weighted by Crippen LogP contribution is -2.17. The van der Waals surface area contributed by atoms with Gasteiger partial charge in [0, 0.05) is 19.7 Å². The van der Waals surface area contributed by atoms with Crippen molar-refractivity contribution in [1.29, 1.82) is 0 Å². The topological polar surface area (TPSA) is 113 Å². The number of anilines is 2. The molecule has 21 heavy (non-hydrogen) atoms. The first-order valence-corrected chi connectivity index (χ1v) is 7.21. The minimum atomic E-state index is -0.479. The van der Waals surface area contributed by atoms with E-state index >= 15 is 0 Å². The fourth-order valence-electron chi connectivity index (χ4n) is 1.93. The Morgan fingerprint density at radius 3 is 2.52 bits per heavy atom. The van der Waals surface area contributed by atoms with E-state index in [2.05, 4.69) is 20.6 Å². The van der Waals surface area contributed by atoms with Gasteiger partial charge in [0.25, 0.3) is 0 Å². The Hall–Kier alpha value is -1.96. The number of rotatable bonds is 10. The van der Waals surface area contributed by atoms with Crippen LogP contribution in [0.2, 0.25) is 0 Å². The van der Waals surface area contributed by atoms with Gasteiger partial charge in [0.05, 0.1) is 4.92 Å².